The zero-order valence-corrected chi connectivity index (χ0v) is 14.7. The average Bonchev–Trinajstić information content (AvgIpc) is 2.59. The number of methoxy groups -OCH3 is 1. The van der Waals surface area contributed by atoms with Crippen LogP contribution < -0.4 is 4.74 Å². The van der Waals surface area contributed by atoms with E-state index < -0.39 is 5.82 Å². The highest BCUT2D eigenvalue weighted by Crippen LogP contribution is 2.23. The van der Waals surface area contributed by atoms with Crippen molar-refractivity contribution in [1.82, 2.24) is 9.80 Å². The fourth-order valence-corrected chi connectivity index (χ4v) is 2.85. The molecule has 0 aliphatic carbocycles. The predicted octanol–water partition coefficient (Wildman–Crippen LogP) is 2.55. The fraction of sp³-hybridized carbons (Fsp3) is 0.556. The number of amides is 2. The van der Waals surface area contributed by atoms with Gasteiger partial charge in [0.25, 0.3) is 5.91 Å². The van der Waals surface area contributed by atoms with Gasteiger partial charge in [0, 0.05) is 37.7 Å². The first-order valence-electron chi connectivity index (χ1n) is 8.24. The molecular formula is C18H25FN2O3. The number of hydrogen-bond donors (Lipinski definition) is 0. The Labute approximate surface area is 142 Å². The van der Waals surface area contributed by atoms with Gasteiger partial charge in [0.15, 0.2) is 11.6 Å². The summed E-state index contributed by atoms with van der Waals surface area (Å²) >= 11 is 0. The van der Waals surface area contributed by atoms with Crippen molar-refractivity contribution in [1.29, 1.82) is 0 Å². The molecule has 0 saturated carbocycles. The molecule has 1 fully saturated rings. The summed E-state index contributed by atoms with van der Waals surface area (Å²) in [5.41, 5.74) is 0.303. The summed E-state index contributed by atoms with van der Waals surface area (Å²) in [7, 11) is 3.19. The number of rotatable bonds is 4. The SMILES string of the molecule is COc1ccc(C(=O)N2CCC(C(=O)N(C)C(C)C)CC2)cc1F. The number of hydrogen-bond acceptors (Lipinski definition) is 3. The summed E-state index contributed by atoms with van der Waals surface area (Å²) in [5, 5.41) is 0. The first-order valence-corrected chi connectivity index (χ1v) is 8.24. The van der Waals surface area contributed by atoms with Crippen LogP contribution >= 0.6 is 0 Å². The number of benzene rings is 1. The monoisotopic (exact) mass is 336 g/mol. The lowest BCUT2D eigenvalue weighted by Crippen LogP contribution is -2.45. The molecular weight excluding hydrogens is 311 g/mol. The number of nitrogens with zero attached hydrogens (tertiary/aromatic N) is 2. The second-order valence-electron chi connectivity index (χ2n) is 6.46. The van der Waals surface area contributed by atoms with Crippen molar-refractivity contribution in [3.8, 4) is 5.75 Å². The second-order valence-corrected chi connectivity index (χ2v) is 6.46. The molecule has 0 spiro atoms. The molecule has 0 atom stereocenters. The van der Waals surface area contributed by atoms with Crippen molar-refractivity contribution in [3.63, 3.8) is 0 Å². The van der Waals surface area contributed by atoms with Gasteiger partial charge >= 0.3 is 0 Å². The molecule has 6 heteroatoms. The minimum Gasteiger partial charge on any atom is -0.494 e. The summed E-state index contributed by atoms with van der Waals surface area (Å²) in [6.45, 7) is 4.98. The van der Waals surface area contributed by atoms with E-state index in [9.17, 15) is 14.0 Å². The molecule has 0 N–H and O–H groups in total. The van der Waals surface area contributed by atoms with E-state index in [4.69, 9.17) is 4.74 Å². The molecule has 5 nitrogen and oxygen atoms in total. The number of carbonyl (C=O) groups excluding carboxylic acids is 2. The summed E-state index contributed by atoms with van der Waals surface area (Å²) in [4.78, 5) is 28.3. The Hall–Kier alpha value is -2.11. The molecule has 1 aliphatic heterocycles. The van der Waals surface area contributed by atoms with Gasteiger partial charge in [-0.25, -0.2) is 4.39 Å². The molecule has 1 aromatic rings. The Morgan fingerprint density at radius 1 is 1.29 bits per heavy atom. The minimum absolute atomic E-state index is 0.0472. The Morgan fingerprint density at radius 3 is 2.42 bits per heavy atom. The standard InChI is InChI=1S/C18H25FN2O3/c1-12(2)20(3)17(22)13-7-9-21(10-8-13)18(23)14-5-6-16(24-4)15(19)11-14/h5-6,11-13H,7-10H2,1-4H3. The summed E-state index contributed by atoms with van der Waals surface area (Å²) < 4.78 is 18.6. The highest BCUT2D eigenvalue weighted by atomic mass is 19.1. The van der Waals surface area contributed by atoms with Crippen LogP contribution in [0.5, 0.6) is 5.75 Å². The summed E-state index contributed by atoms with van der Waals surface area (Å²) in [5.74, 6) is -0.555. The zero-order valence-electron chi connectivity index (χ0n) is 14.7. The van der Waals surface area contributed by atoms with Crippen molar-refractivity contribution >= 4 is 11.8 Å². The lowest BCUT2D eigenvalue weighted by atomic mass is 9.94. The first kappa shape index (κ1) is 18.2. The van der Waals surface area contributed by atoms with E-state index in [0.717, 1.165) is 0 Å². The van der Waals surface area contributed by atoms with E-state index in [-0.39, 0.29) is 29.5 Å². The molecule has 1 saturated heterocycles. The van der Waals surface area contributed by atoms with Gasteiger partial charge in [0.05, 0.1) is 7.11 Å². The number of likely N-dealkylation sites (tertiary alicyclic amines) is 1. The Balaban J connectivity index is 1.98. The number of ether oxygens (including phenoxy) is 1. The van der Waals surface area contributed by atoms with Crippen LogP contribution in [-0.4, -0.2) is 54.9 Å². The Morgan fingerprint density at radius 2 is 1.92 bits per heavy atom. The van der Waals surface area contributed by atoms with Crippen molar-refractivity contribution in [2.75, 3.05) is 27.2 Å². The maximum atomic E-state index is 13.8. The molecule has 0 aromatic heterocycles. The van der Waals surface area contributed by atoms with Crippen molar-refractivity contribution in [3.05, 3.63) is 29.6 Å². The van der Waals surface area contributed by atoms with Crippen LogP contribution in [0, 0.1) is 11.7 Å². The molecule has 1 aromatic carbocycles. The highest BCUT2D eigenvalue weighted by molar-refractivity contribution is 5.94. The molecule has 0 bridgehead atoms. The van der Waals surface area contributed by atoms with Gasteiger partial charge in [-0.3, -0.25) is 9.59 Å². The molecule has 0 unspecified atom stereocenters. The minimum atomic E-state index is -0.549. The number of carbonyl (C=O) groups is 2. The van der Waals surface area contributed by atoms with E-state index in [1.807, 2.05) is 20.9 Å². The van der Waals surface area contributed by atoms with E-state index in [0.29, 0.717) is 31.5 Å². The normalized spacial score (nSPS) is 15.5. The van der Waals surface area contributed by atoms with Crippen LogP contribution in [0.3, 0.4) is 0 Å². The van der Waals surface area contributed by atoms with Crippen molar-refractivity contribution < 1.29 is 18.7 Å². The third kappa shape index (κ3) is 3.86. The van der Waals surface area contributed by atoms with Gasteiger partial charge in [0.1, 0.15) is 0 Å². The maximum Gasteiger partial charge on any atom is 0.253 e. The molecule has 132 valence electrons. The quantitative estimate of drug-likeness (QED) is 0.849. The van der Waals surface area contributed by atoms with Crippen LogP contribution in [0.1, 0.15) is 37.0 Å². The van der Waals surface area contributed by atoms with Gasteiger partial charge in [-0.2, -0.15) is 0 Å². The van der Waals surface area contributed by atoms with Crippen LogP contribution in [0.15, 0.2) is 18.2 Å². The van der Waals surface area contributed by atoms with E-state index >= 15 is 0 Å². The smallest absolute Gasteiger partial charge is 0.253 e. The molecule has 2 rings (SSSR count). The van der Waals surface area contributed by atoms with E-state index in [2.05, 4.69) is 0 Å². The lowest BCUT2D eigenvalue weighted by molar-refractivity contribution is -0.137. The van der Waals surface area contributed by atoms with E-state index in [1.54, 1.807) is 15.9 Å². The summed E-state index contributed by atoms with van der Waals surface area (Å²) in [6.07, 6.45) is 1.28. The van der Waals surface area contributed by atoms with Crippen molar-refractivity contribution in [2.24, 2.45) is 5.92 Å². The third-order valence-electron chi connectivity index (χ3n) is 4.65. The van der Waals surface area contributed by atoms with Crippen molar-refractivity contribution in [2.45, 2.75) is 32.7 Å². The zero-order chi connectivity index (χ0) is 17.9. The summed E-state index contributed by atoms with van der Waals surface area (Å²) in [6, 6.07) is 4.38. The van der Waals surface area contributed by atoms with Gasteiger partial charge in [-0.1, -0.05) is 0 Å². The van der Waals surface area contributed by atoms with Gasteiger partial charge in [-0.05, 0) is 44.9 Å². The van der Waals surface area contributed by atoms with Gasteiger partial charge < -0.3 is 14.5 Å². The van der Waals surface area contributed by atoms with E-state index in [1.165, 1.54) is 19.2 Å². The van der Waals surface area contributed by atoms with Gasteiger partial charge in [-0.15, -0.1) is 0 Å². The topological polar surface area (TPSA) is 49.9 Å². The van der Waals surface area contributed by atoms with Crippen LogP contribution in [-0.2, 0) is 4.79 Å². The fourth-order valence-electron chi connectivity index (χ4n) is 2.85. The molecule has 1 aliphatic rings. The molecule has 0 radical (unpaired) electrons. The Kier molecular flexibility index (Phi) is 5.80. The number of piperidine rings is 1. The average molecular weight is 336 g/mol. The van der Waals surface area contributed by atoms with Crippen LogP contribution in [0.4, 0.5) is 4.39 Å². The molecule has 24 heavy (non-hydrogen) atoms. The largest absolute Gasteiger partial charge is 0.494 e. The Bertz CT molecular complexity index is 610. The molecule has 1 heterocycles. The molecule has 2 amide bonds. The maximum absolute atomic E-state index is 13.8. The van der Waals surface area contributed by atoms with Gasteiger partial charge in [0.2, 0.25) is 5.91 Å². The predicted molar refractivity (Wildman–Crippen MR) is 89.5 cm³/mol. The van der Waals surface area contributed by atoms with Crippen LogP contribution in [0.25, 0.3) is 0 Å². The second kappa shape index (κ2) is 7.64. The number of halogens is 1. The lowest BCUT2D eigenvalue weighted by Gasteiger charge is -2.34. The third-order valence-corrected chi connectivity index (χ3v) is 4.65. The van der Waals surface area contributed by atoms with Crippen LogP contribution in [0.2, 0.25) is 0 Å². The highest BCUT2D eigenvalue weighted by Gasteiger charge is 2.30. The first-order chi connectivity index (χ1) is 11.3.